The third kappa shape index (κ3) is 6.32. The fraction of sp³-hybridized carbons (Fsp3) is 0.279. The normalized spacial score (nSPS) is 23.6. The molecule has 6 atom stereocenters. The van der Waals surface area contributed by atoms with E-state index < -0.39 is 71.3 Å². The first kappa shape index (κ1) is 37.8. The van der Waals surface area contributed by atoms with Gasteiger partial charge in [-0.15, -0.1) is 0 Å². The van der Waals surface area contributed by atoms with E-state index in [1.165, 1.54) is 0 Å². The summed E-state index contributed by atoms with van der Waals surface area (Å²) in [7, 11) is 2.29. The van der Waals surface area contributed by atoms with Gasteiger partial charge in [0.1, 0.15) is 35.8 Å². The summed E-state index contributed by atoms with van der Waals surface area (Å²) in [6.45, 7) is -0.415. The molecule has 3 aliphatic heterocycles. The molecule has 0 bridgehead atoms. The van der Waals surface area contributed by atoms with E-state index in [9.17, 15) is 34.2 Å². The summed E-state index contributed by atoms with van der Waals surface area (Å²) >= 11 is 0. The number of carbonyl (C=O) groups excluding carboxylic acids is 4. The molecule has 0 saturated carbocycles. The van der Waals surface area contributed by atoms with Gasteiger partial charge in [0.25, 0.3) is 0 Å². The summed E-state index contributed by atoms with van der Waals surface area (Å²) in [5.41, 5.74) is 0.729. The summed E-state index contributed by atoms with van der Waals surface area (Å²) in [6.07, 6.45) is -1.16. The highest BCUT2D eigenvalue weighted by Crippen LogP contribution is 2.65. The van der Waals surface area contributed by atoms with Gasteiger partial charge in [0, 0.05) is 23.2 Å². The highest BCUT2D eigenvalue weighted by Gasteiger charge is 2.74. The molecule has 13 heteroatoms. The number of rotatable bonds is 10. The van der Waals surface area contributed by atoms with E-state index in [2.05, 4.69) is 17.2 Å². The number of aliphatic carboxylic acids is 1. The number of hydrogen-bond donors (Lipinski definition) is 3. The number of esters is 3. The van der Waals surface area contributed by atoms with Crippen molar-refractivity contribution in [2.75, 3.05) is 32.8 Å². The molecular formula is C43H38N2O11. The minimum absolute atomic E-state index is 0.0972. The molecule has 3 aliphatic rings. The van der Waals surface area contributed by atoms with E-state index in [4.69, 9.17) is 18.9 Å². The molecule has 56 heavy (non-hydrogen) atoms. The molecule has 3 heterocycles. The van der Waals surface area contributed by atoms with Gasteiger partial charge in [0.05, 0.1) is 32.9 Å². The van der Waals surface area contributed by atoms with Crippen LogP contribution in [-0.4, -0.2) is 78.4 Å². The molecule has 0 radical (unpaired) electrons. The van der Waals surface area contributed by atoms with Crippen LogP contribution in [0.25, 0.3) is 0 Å². The van der Waals surface area contributed by atoms with E-state index in [-0.39, 0.29) is 30.9 Å². The molecule has 2 saturated heterocycles. The van der Waals surface area contributed by atoms with Crippen LogP contribution in [0.4, 0.5) is 5.69 Å². The molecule has 0 aliphatic carbocycles. The molecule has 2 fully saturated rings. The van der Waals surface area contributed by atoms with Gasteiger partial charge in [-0.05, 0) is 41.0 Å². The van der Waals surface area contributed by atoms with Crippen molar-refractivity contribution in [2.24, 2.45) is 11.8 Å². The average molecular weight is 759 g/mol. The largest absolute Gasteiger partial charge is 0.491 e. The lowest BCUT2D eigenvalue weighted by molar-refractivity contribution is -0.179. The van der Waals surface area contributed by atoms with Crippen LogP contribution in [0, 0.1) is 23.7 Å². The number of hydrogen-bond acceptors (Lipinski definition) is 11. The molecule has 0 aromatic heterocycles. The number of aliphatic hydroxyl groups excluding tert-OH is 1. The van der Waals surface area contributed by atoms with Crippen molar-refractivity contribution in [3.63, 3.8) is 0 Å². The Morgan fingerprint density at radius 2 is 1.52 bits per heavy atom. The summed E-state index contributed by atoms with van der Waals surface area (Å²) in [5, 5.41) is 24.0. The van der Waals surface area contributed by atoms with E-state index in [0.29, 0.717) is 27.9 Å². The molecule has 4 aromatic rings. The van der Waals surface area contributed by atoms with Gasteiger partial charge in [-0.3, -0.25) is 28.9 Å². The number of nitrogens with one attached hydrogen (secondary N) is 1. The van der Waals surface area contributed by atoms with Gasteiger partial charge in [-0.1, -0.05) is 90.7 Å². The lowest BCUT2D eigenvalue weighted by Gasteiger charge is -2.46. The van der Waals surface area contributed by atoms with Crippen LogP contribution >= 0.6 is 0 Å². The minimum Gasteiger partial charge on any atom is -0.491 e. The molecule has 1 amide bonds. The van der Waals surface area contributed by atoms with Gasteiger partial charge >= 0.3 is 23.9 Å². The molecular weight excluding hydrogens is 720 g/mol. The van der Waals surface area contributed by atoms with E-state index in [1.807, 2.05) is 60.7 Å². The van der Waals surface area contributed by atoms with Crippen molar-refractivity contribution < 1.29 is 53.1 Å². The van der Waals surface area contributed by atoms with Crippen LogP contribution in [0.2, 0.25) is 0 Å². The third-order valence-electron chi connectivity index (χ3n) is 10.6. The number of methoxy groups -OCH3 is 2. The number of benzene rings is 4. The van der Waals surface area contributed by atoms with Crippen LogP contribution in [0.3, 0.4) is 0 Å². The number of anilines is 1. The zero-order valence-corrected chi connectivity index (χ0v) is 30.4. The van der Waals surface area contributed by atoms with Crippen LogP contribution in [-0.2, 0) is 43.6 Å². The summed E-state index contributed by atoms with van der Waals surface area (Å²) < 4.78 is 21.8. The van der Waals surface area contributed by atoms with Crippen molar-refractivity contribution in [3.8, 4) is 17.6 Å². The summed E-state index contributed by atoms with van der Waals surface area (Å²) in [4.78, 5) is 69.8. The number of aliphatic hydroxyl groups is 1. The minimum atomic E-state index is -1.99. The Morgan fingerprint density at radius 1 is 0.875 bits per heavy atom. The first-order chi connectivity index (χ1) is 27.2. The smallest absolute Gasteiger partial charge is 0.325 e. The molecule has 13 nitrogen and oxygen atoms in total. The number of amides is 1. The molecule has 3 N–H and O–H groups in total. The zero-order valence-electron chi connectivity index (χ0n) is 30.4. The van der Waals surface area contributed by atoms with Crippen molar-refractivity contribution in [1.82, 2.24) is 4.90 Å². The third-order valence-corrected chi connectivity index (χ3v) is 10.6. The number of nitrogens with zero attached hydrogens (tertiary/aromatic N) is 1. The van der Waals surface area contributed by atoms with Gasteiger partial charge in [0.2, 0.25) is 5.91 Å². The maximum absolute atomic E-state index is 15.0. The predicted molar refractivity (Wildman–Crippen MR) is 199 cm³/mol. The number of cyclic esters (lactones) is 1. The summed E-state index contributed by atoms with van der Waals surface area (Å²) in [5.74, 6) is -1.46. The molecule has 4 aromatic carbocycles. The van der Waals surface area contributed by atoms with E-state index in [1.54, 1.807) is 47.4 Å². The second kappa shape index (κ2) is 15.7. The topological polar surface area (TPSA) is 178 Å². The Kier molecular flexibility index (Phi) is 10.6. The van der Waals surface area contributed by atoms with E-state index in [0.717, 1.165) is 14.2 Å². The number of carboxylic acid groups (broad SMARTS) is 1. The molecule has 7 rings (SSSR count). The average Bonchev–Trinajstić information content (AvgIpc) is 3.70. The fourth-order valence-corrected chi connectivity index (χ4v) is 8.42. The Morgan fingerprint density at radius 3 is 2.16 bits per heavy atom. The van der Waals surface area contributed by atoms with Gasteiger partial charge in [-0.25, -0.2) is 0 Å². The zero-order chi connectivity index (χ0) is 39.6. The number of fused-ring (bicyclic) bond motifs is 3. The Labute approximate surface area is 322 Å². The summed E-state index contributed by atoms with van der Waals surface area (Å²) in [6, 6.07) is 26.6. The SMILES string of the molecule is COC(=O)C(CC#Cc1ccc2c(c1)[C@]1(C(=O)N2)[C@H](C(=O)O)[C@H]2C(=O)O[C@H](c3ccccc3)[C@H](c3ccccc3)N2[C@@H]1c1ccccc1OCCO)C(=O)OC. The first-order valence-corrected chi connectivity index (χ1v) is 17.9. The molecule has 286 valence electrons. The predicted octanol–water partition coefficient (Wildman–Crippen LogP) is 4.12. The van der Waals surface area contributed by atoms with Gasteiger partial charge in [-0.2, -0.15) is 0 Å². The second-order valence-corrected chi connectivity index (χ2v) is 13.5. The maximum Gasteiger partial charge on any atom is 0.325 e. The fourth-order valence-electron chi connectivity index (χ4n) is 8.42. The number of carbonyl (C=O) groups is 5. The first-order valence-electron chi connectivity index (χ1n) is 17.9. The lowest BCUT2D eigenvalue weighted by Crippen LogP contribution is -2.52. The van der Waals surface area contributed by atoms with Crippen molar-refractivity contribution >= 4 is 35.5 Å². The molecule has 0 unspecified atom stereocenters. The number of carboxylic acids is 1. The Hall–Kier alpha value is -6.49. The lowest BCUT2D eigenvalue weighted by atomic mass is 9.65. The van der Waals surface area contributed by atoms with Crippen LogP contribution in [0.15, 0.2) is 103 Å². The second-order valence-electron chi connectivity index (χ2n) is 13.5. The Bertz CT molecular complexity index is 2220. The standard InChI is InChI=1S/C43H38N2O11/c1-53-39(49)29(40(50)54-2)18-11-12-25-20-21-31-30(24-25)43(42(52)44-31)33(38(47)48)35-41(51)56-36(27-15-7-4-8-16-27)34(26-13-5-3-6-14-26)45(35)37(43)28-17-9-10-19-32(28)55-23-22-46/h3-10,13-17,19-21,24,29,33-37,46H,18,22-23H2,1-2H3,(H,44,52)(H,47,48)/t33-,34-,35-,36+,37+,43-/m0/s1. The number of ether oxygens (including phenoxy) is 4. The van der Waals surface area contributed by atoms with E-state index >= 15 is 0 Å². The van der Waals surface area contributed by atoms with Gasteiger partial charge in [0.15, 0.2) is 5.92 Å². The highest BCUT2D eigenvalue weighted by atomic mass is 16.6. The quantitative estimate of drug-likeness (QED) is 0.0914. The highest BCUT2D eigenvalue weighted by molar-refractivity contribution is 6.11. The van der Waals surface area contributed by atoms with Crippen LogP contribution in [0.1, 0.15) is 52.4 Å². The van der Waals surface area contributed by atoms with Crippen LogP contribution in [0.5, 0.6) is 5.75 Å². The van der Waals surface area contributed by atoms with Crippen LogP contribution < -0.4 is 10.1 Å². The molecule has 1 spiro atoms. The number of para-hydroxylation sites is 1. The Balaban J connectivity index is 1.49. The van der Waals surface area contributed by atoms with Crippen molar-refractivity contribution in [3.05, 3.63) is 131 Å². The number of morpholine rings is 1. The monoisotopic (exact) mass is 758 g/mol. The maximum atomic E-state index is 15.0. The van der Waals surface area contributed by atoms with Gasteiger partial charge < -0.3 is 34.5 Å². The van der Waals surface area contributed by atoms with Crippen molar-refractivity contribution in [2.45, 2.75) is 36.1 Å². The van der Waals surface area contributed by atoms with Crippen molar-refractivity contribution in [1.29, 1.82) is 0 Å².